The SMILES string of the molecule is CS(=O)(=O)N1CCN(C(=O)c2ccc(Nc3nc(-c4cnc(N)cc4C(F)(F)F)cc(N4CCOCC4)n3)cc2)CC1. The van der Waals surface area contributed by atoms with Gasteiger partial charge in [-0.1, -0.05) is 0 Å². The molecule has 0 bridgehead atoms. The van der Waals surface area contributed by atoms with Gasteiger partial charge < -0.3 is 25.6 Å². The lowest BCUT2D eigenvalue weighted by Crippen LogP contribution is -2.50. The molecule has 16 heteroatoms. The number of nitrogens with zero attached hydrogens (tertiary/aromatic N) is 6. The Morgan fingerprint density at radius 3 is 2.29 bits per heavy atom. The number of nitrogens with two attached hydrogens (primary N) is 1. The Bertz CT molecular complexity index is 1560. The van der Waals surface area contributed by atoms with E-state index in [1.807, 2.05) is 4.90 Å². The van der Waals surface area contributed by atoms with Gasteiger partial charge in [0.2, 0.25) is 16.0 Å². The first-order valence-electron chi connectivity index (χ1n) is 13.0. The second-order valence-corrected chi connectivity index (χ2v) is 11.8. The van der Waals surface area contributed by atoms with Crippen molar-refractivity contribution in [1.29, 1.82) is 0 Å². The van der Waals surface area contributed by atoms with Crippen molar-refractivity contribution in [3.05, 3.63) is 53.7 Å². The molecule has 2 fully saturated rings. The number of carbonyl (C=O) groups is 1. The predicted octanol–water partition coefficient (Wildman–Crippen LogP) is 2.44. The zero-order valence-corrected chi connectivity index (χ0v) is 23.5. The van der Waals surface area contributed by atoms with E-state index in [-0.39, 0.29) is 55.1 Å². The van der Waals surface area contributed by atoms with E-state index >= 15 is 0 Å². The monoisotopic (exact) mass is 606 g/mol. The van der Waals surface area contributed by atoms with Crippen molar-refractivity contribution in [3.8, 4) is 11.3 Å². The third-order valence-electron chi connectivity index (χ3n) is 6.94. The number of nitrogens with one attached hydrogen (secondary N) is 1. The lowest BCUT2D eigenvalue weighted by atomic mass is 10.1. The summed E-state index contributed by atoms with van der Waals surface area (Å²) in [6.45, 7) is 2.88. The fraction of sp³-hybridized carbons (Fsp3) is 0.385. The summed E-state index contributed by atoms with van der Waals surface area (Å²) >= 11 is 0. The minimum atomic E-state index is -4.69. The Labute approximate surface area is 240 Å². The second-order valence-electron chi connectivity index (χ2n) is 9.84. The molecular weight excluding hydrogens is 577 g/mol. The maximum absolute atomic E-state index is 13.9. The summed E-state index contributed by atoms with van der Waals surface area (Å²) in [5, 5.41) is 3.03. The number of benzene rings is 1. The Kier molecular flexibility index (Phi) is 8.21. The summed E-state index contributed by atoms with van der Waals surface area (Å²) in [5.74, 6) is -0.0393. The minimum absolute atomic E-state index is 0.00820. The summed E-state index contributed by atoms with van der Waals surface area (Å²) in [4.78, 5) is 29.2. The van der Waals surface area contributed by atoms with Crippen molar-refractivity contribution >= 4 is 39.2 Å². The van der Waals surface area contributed by atoms with Gasteiger partial charge in [0.1, 0.15) is 11.6 Å². The molecule has 0 atom stereocenters. The van der Waals surface area contributed by atoms with Crippen LogP contribution in [0.2, 0.25) is 0 Å². The fourth-order valence-corrected chi connectivity index (χ4v) is 5.55. The summed E-state index contributed by atoms with van der Waals surface area (Å²) in [7, 11) is -3.32. The maximum atomic E-state index is 13.9. The van der Waals surface area contributed by atoms with Gasteiger partial charge in [-0.3, -0.25) is 4.79 Å². The van der Waals surface area contributed by atoms with E-state index in [2.05, 4.69) is 20.3 Å². The largest absolute Gasteiger partial charge is 0.417 e. The zero-order valence-electron chi connectivity index (χ0n) is 22.6. The number of sulfonamides is 1. The highest BCUT2D eigenvalue weighted by molar-refractivity contribution is 7.88. The first-order chi connectivity index (χ1) is 19.9. The molecule has 224 valence electrons. The number of hydrogen-bond donors (Lipinski definition) is 2. The van der Waals surface area contributed by atoms with Gasteiger partial charge in [0.25, 0.3) is 5.91 Å². The molecule has 0 saturated carbocycles. The highest BCUT2D eigenvalue weighted by Crippen LogP contribution is 2.38. The fourth-order valence-electron chi connectivity index (χ4n) is 4.72. The van der Waals surface area contributed by atoms with Crippen molar-refractivity contribution in [2.45, 2.75) is 6.18 Å². The molecule has 4 heterocycles. The predicted molar refractivity (Wildman–Crippen MR) is 150 cm³/mol. The average molecular weight is 607 g/mol. The second kappa shape index (κ2) is 11.7. The van der Waals surface area contributed by atoms with Crippen LogP contribution < -0.4 is 16.0 Å². The number of aromatic nitrogens is 3. The number of alkyl halides is 3. The number of rotatable bonds is 6. The van der Waals surface area contributed by atoms with E-state index < -0.39 is 21.8 Å². The molecule has 0 spiro atoms. The molecule has 12 nitrogen and oxygen atoms in total. The van der Waals surface area contributed by atoms with Gasteiger partial charge in [0.05, 0.1) is 30.7 Å². The summed E-state index contributed by atoms with van der Waals surface area (Å²) < 4.78 is 71.9. The van der Waals surface area contributed by atoms with Crippen molar-refractivity contribution in [2.24, 2.45) is 0 Å². The Morgan fingerprint density at radius 2 is 1.67 bits per heavy atom. The molecule has 42 heavy (non-hydrogen) atoms. The van der Waals surface area contributed by atoms with Gasteiger partial charge in [0, 0.05) is 68.3 Å². The van der Waals surface area contributed by atoms with Crippen LogP contribution in [-0.2, 0) is 20.9 Å². The zero-order chi connectivity index (χ0) is 30.1. The van der Waals surface area contributed by atoms with Crippen molar-refractivity contribution in [1.82, 2.24) is 24.2 Å². The van der Waals surface area contributed by atoms with E-state index in [0.717, 1.165) is 18.5 Å². The quantitative estimate of drug-likeness (QED) is 0.429. The van der Waals surface area contributed by atoms with Gasteiger partial charge in [0.15, 0.2) is 0 Å². The molecule has 0 radical (unpaired) electrons. The molecule has 2 aromatic heterocycles. The Hall–Kier alpha value is -4.02. The highest BCUT2D eigenvalue weighted by Gasteiger charge is 2.35. The number of halogens is 3. The van der Waals surface area contributed by atoms with Crippen LogP contribution in [-0.4, -0.2) is 97.2 Å². The van der Waals surface area contributed by atoms with Gasteiger partial charge >= 0.3 is 6.18 Å². The lowest BCUT2D eigenvalue weighted by molar-refractivity contribution is -0.137. The number of nitrogen functional groups attached to an aromatic ring is 1. The Morgan fingerprint density at radius 1 is 1.00 bits per heavy atom. The number of anilines is 4. The summed E-state index contributed by atoms with van der Waals surface area (Å²) in [6.07, 6.45) is -2.51. The van der Waals surface area contributed by atoms with E-state index in [0.29, 0.717) is 43.4 Å². The maximum Gasteiger partial charge on any atom is 0.417 e. The van der Waals surface area contributed by atoms with Crippen LogP contribution in [0.15, 0.2) is 42.6 Å². The summed E-state index contributed by atoms with van der Waals surface area (Å²) in [6, 6.07) is 8.73. The van der Waals surface area contributed by atoms with Crippen molar-refractivity contribution < 1.29 is 31.1 Å². The molecule has 3 N–H and O–H groups in total. The standard InChI is InChI=1S/C26H29F3N8O4S/c1-42(39,40)37-8-6-36(7-9-37)24(38)17-2-4-18(5-3-17)32-25-33-21(15-23(34-25)35-10-12-41-13-11-35)19-16-31-22(30)14-20(19)26(27,28)29/h2-5,14-16H,6-13H2,1H3,(H2,30,31)(H,32,33,34). The topological polar surface area (TPSA) is 147 Å². The third-order valence-corrected chi connectivity index (χ3v) is 8.24. The number of pyridine rings is 1. The number of hydrogen-bond acceptors (Lipinski definition) is 10. The number of carbonyl (C=O) groups excluding carboxylic acids is 1. The third kappa shape index (κ3) is 6.71. The molecule has 5 rings (SSSR count). The van der Waals surface area contributed by atoms with Gasteiger partial charge in [-0.25, -0.2) is 18.4 Å². The molecule has 2 aliphatic heterocycles. The number of amides is 1. The van der Waals surface area contributed by atoms with Gasteiger partial charge in [-0.2, -0.15) is 22.5 Å². The van der Waals surface area contributed by atoms with Crippen LogP contribution in [0.3, 0.4) is 0 Å². The molecule has 2 aliphatic rings. The van der Waals surface area contributed by atoms with E-state index in [1.54, 1.807) is 29.2 Å². The molecule has 2 saturated heterocycles. The first kappa shape index (κ1) is 29.5. The molecular formula is C26H29F3N8O4S. The van der Waals surface area contributed by atoms with Crippen molar-refractivity contribution in [3.63, 3.8) is 0 Å². The number of ether oxygens (including phenoxy) is 1. The molecule has 3 aromatic rings. The van der Waals surface area contributed by atoms with Crippen LogP contribution in [0, 0.1) is 0 Å². The molecule has 1 aromatic carbocycles. The Balaban J connectivity index is 1.40. The van der Waals surface area contributed by atoms with Crippen LogP contribution >= 0.6 is 0 Å². The lowest BCUT2D eigenvalue weighted by Gasteiger charge is -2.33. The average Bonchev–Trinajstić information content (AvgIpc) is 2.96. The summed E-state index contributed by atoms with van der Waals surface area (Å²) in [5.41, 5.74) is 5.26. The number of piperazine rings is 1. The van der Waals surface area contributed by atoms with Crippen LogP contribution in [0.5, 0.6) is 0 Å². The van der Waals surface area contributed by atoms with Crippen LogP contribution in [0.25, 0.3) is 11.3 Å². The van der Waals surface area contributed by atoms with Crippen molar-refractivity contribution in [2.75, 3.05) is 74.7 Å². The smallest absolute Gasteiger partial charge is 0.384 e. The van der Waals surface area contributed by atoms with E-state index in [9.17, 15) is 26.4 Å². The molecule has 0 unspecified atom stereocenters. The first-order valence-corrected chi connectivity index (χ1v) is 14.9. The highest BCUT2D eigenvalue weighted by atomic mass is 32.2. The van der Waals surface area contributed by atoms with Crippen LogP contribution in [0.1, 0.15) is 15.9 Å². The number of morpholine rings is 1. The van der Waals surface area contributed by atoms with E-state index in [1.165, 1.54) is 10.4 Å². The van der Waals surface area contributed by atoms with Gasteiger partial charge in [-0.15, -0.1) is 0 Å². The van der Waals surface area contributed by atoms with Crippen LogP contribution in [0.4, 0.5) is 36.4 Å². The van der Waals surface area contributed by atoms with Gasteiger partial charge in [-0.05, 0) is 30.3 Å². The van der Waals surface area contributed by atoms with E-state index in [4.69, 9.17) is 10.5 Å². The molecule has 1 amide bonds. The normalized spacial score (nSPS) is 16.9. The minimum Gasteiger partial charge on any atom is -0.384 e. The molecule has 0 aliphatic carbocycles.